The van der Waals surface area contributed by atoms with Gasteiger partial charge in [-0.2, -0.15) is 0 Å². The molecule has 1 aromatic heterocycles. The van der Waals surface area contributed by atoms with Gasteiger partial charge in [-0.25, -0.2) is 9.97 Å². The van der Waals surface area contributed by atoms with Crippen molar-refractivity contribution in [2.75, 3.05) is 13.1 Å². The molecule has 2 rings (SSSR count). The van der Waals surface area contributed by atoms with Gasteiger partial charge in [0.1, 0.15) is 11.5 Å². The molecule has 0 radical (unpaired) electrons. The molecule has 0 saturated carbocycles. The van der Waals surface area contributed by atoms with Crippen molar-refractivity contribution in [3.05, 3.63) is 58.6 Å². The van der Waals surface area contributed by atoms with Crippen LogP contribution in [0.4, 0.5) is 0 Å². The molecule has 0 aliphatic heterocycles. The van der Waals surface area contributed by atoms with Gasteiger partial charge >= 0.3 is 0 Å². The number of amides is 2. The zero-order valence-electron chi connectivity index (χ0n) is 12.0. The fourth-order valence-corrected chi connectivity index (χ4v) is 1.99. The van der Waals surface area contributed by atoms with Crippen molar-refractivity contribution in [1.29, 1.82) is 0 Å². The molecule has 7 heteroatoms. The van der Waals surface area contributed by atoms with E-state index in [2.05, 4.69) is 20.6 Å². The number of nitrogens with one attached hydrogen (secondary N) is 2. The number of halogens is 1. The molecule has 1 heterocycles. The maximum Gasteiger partial charge on any atom is 0.270 e. The number of benzene rings is 1. The number of rotatable bonds is 5. The van der Waals surface area contributed by atoms with Crippen LogP contribution < -0.4 is 10.6 Å². The third kappa shape index (κ3) is 4.26. The van der Waals surface area contributed by atoms with E-state index in [4.69, 9.17) is 11.6 Å². The van der Waals surface area contributed by atoms with Gasteiger partial charge in [0.15, 0.2) is 0 Å². The summed E-state index contributed by atoms with van der Waals surface area (Å²) in [5, 5.41) is 5.75. The second kappa shape index (κ2) is 7.51. The molecule has 0 saturated heterocycles. The predicted molar refractivity (Wildman–Crippen MR) is 82.9 cm³/mol. The van der Waals surface area contributed by atoms with Crippen LogP contribution in [0, 0.1) is 6.92 Å². The summed E-state index contributed by atoms with van der Waals surface area (Å²) in [6.07, 6.45) is 1.52. The monoisotopic (exact) mass is 318 g/mol. The highest BCUT2D eigenvalue weighted by atomic mass is 35.5. The van der Waals surface area contributed by atoms with E-state index in [0.29, 0.717) is 28.6 Å². The first-order valence-electron chi connectivity index (χ1n) is 6.68. The molecule has 0 aliphatic carbocycles. The lowest BCUT2D eigenvalue weighted by atomic mass is 10.2. The molecule has 2 aromatic rings. The molecule has 2 N–H and O–H groups in total. The van der Waals surface area contributed by atoms with Crippen LogP contribution in [0.15, 0.2) is 36.5 Å². The van der Waals surface area contributed by atoms with Crippen LogP contribution in [-0.4, -0.2) is 34.9 Å². The minimum Gasteiger partial charge on any atom is -0.350 e. The Morgan fingerprint density at radius 1 is 1.09 bits per heavy atom. The summed E-state index contributed by atoms with van der Waals surface area (Å²) in [5.74, 6) is -0.0603. The Morgan fingerprint density at radius 3 is 2.45 bits per heavy atom. The van der Waals surface area contributed by atoms with Gasteiger partial charge < -0.3 is 10.6 Å². The molecule has 0 bridgehead atoms. The summed E-state index contributed by atoms with van der Waals surface area (Å²) >= 11 is 5.93. The van der Waals surface area contributed by atoms with Crippen molar-refractivity contribution >= 4 is 23.4 Å². The molecule has 0 fully saturated rings. The van der Waals surface area contributed by atoms with Crippen molar-refractivity contribution in [1.82, 2.24) is 20.6 Å². The third-order valence-electron chi connectivity index (χ3n) is 2.82. The molecule has 22 heavy (non-hydrogen) atoms. The second-order valence-corrected chi connectivity index (χ2v) is 4.89. The summed E-state index contributed by atoms with van der Waals surface area (Å²) in [4.78, 5) is 31.7. The Kier molecular flexibility index (Phi) is 5.43. The zero-order chi connectivity index (χ0) is 15.9. The highest BCUT2D eigenvalue weighted by molar-refractivity contribution is 6.33. The van der Waals surface area contributed by atoms with Crippen LogP contribution in [-0.2, 0) is 0 Å². The number of carbonyl (C=O) groups is 2. The molecular weight excluding hydrogens is 304 g/mol. The molecule has 6 nitrogen and oxygen atoms in total. The van der Waals surface area contributed by atoms with Crippen molar-refractivity contribution in [2.24, 2.45) is 0 Å². The maximum absolute atomic E-state index is 11.9. The number of carbonyl (C=O) groups excluding carboxylic acids is 2. The highest BCUT2D eigenvalue weighted by Crippen LogP contribution is 2.14. The third-order valence-corrected chi connectivity index (χ3v) is 3.15. The largest absolute Gasteiger partial charge is 0.350 e. The van der Waals surface area contributed by atoms with E-state index < -0.39 is 0 Å². The minimum absolute atomic E-state index is 0.280. The zero-order valence-corrected chi connectivity index (χ0v) is 12.7. The fourth-order valence-electron chi connectivity index (χ4n) is 1.77. The first kappa shape index (κ1) is 15.9. The summed E-state index contributed by atoms with van der Waals surface area (Å²) in [5.41, 5.74) is 0.701. The summed E-state index contributed by atoms with van der Waals surface area (Å²) in [6.45, 7) is 2.29. The molecule has 0 spiro atoms. The van der Waals surface area contributed by atoms with Gasteiger partial charge in [0.25, 0.3) is 11.8 Å². The highest BCUT2D eigenvalue weighted by Gasteiger charge is 2.10. The fraction of sp³-hybridized carbons (Fsp3) is 0.200. The van der Waals surface area contributed by atoms with Gasteiger partial charge in [0.2, 0.25) is 0 Å². The smallest absolute Gasteiger partial charge is 0.270 e. The standard InChI is InChI=1S/C15H15ClN4O2/c1-10-17-7-6-13(20-10)15(22)19-9-8-18-14(21)11-4-2-3-5-12(11)16/h2-7H,8-9H2,1H3,(H,18,21)(H,19,22). The van der Waals surface area contributed by atoms with Crippen LogP contribution in [0.1, 0.15) is 26.7 Å². The van der Waals surface area contributed by atoms with Gasteiger partial charge in [-0.1, -0.05) is 23.7 Å². The van der Waals surface area contributed by atoms with E-state index in [1.165, 1.54) is 12.3 Å². The lowest BCUT2D eigenvalue weighted by Gasteiger charge is -2.08. The molecule has 0 atom stereocenters. The number of aromatic nitrogens is 2. The first-order valence-corrected chi connectivity index (χ1v) is 7.06. The molecule has 0 unspecified atom stereocenters. The van der Waals surface area contributed by atoms with Gasteiger partial charge in [0, 0.05) is 19.3 Å². The SMILES string of the molecule is Cc1nccc(C(=O)NCCNC(=O)c2ccccc2Cl)n1. The van der Waals surface area contributed by atoms with E-state index in [1.54, 1.807) is 31.2 Å². The number of hydrogen-bond acceptors (Lipinski definition) is 4. The van der Waals surface area contributed by atoms with Crippen molar-refractivity contribution < 1.29 is 9.59 Å². The van der Waals surface area contributed by atoms with Gasteiger partial charge in [0.05, 0.1) is 10.6 Å². The lowest BCUT2D eigenvalue weighted by molar-refractivity contribution is 0.0925. The van der Waals surface area contributed by atoms with Crippen molar-refractivity contribution in [2.45, 2.75) is 6.92 Å². The average Bonchev–Trinajstić information content (AvgIpc) is 2.51. The summed E-state index contributed by atoms with van der Waals surface area (Å²) in [6, 6.07) is 8.31. The van der Waals surface area contributed by atoms with E-state index in [0.717, 1.165) is 0 Å². The van der Waals surface area contributed by atoms with Crippen LogP contribution in [0.25, 0.3) is 0 Å². The molecule has 2 amide bonds. The quantitative estimate of drug-likeness (QED) is 0.820. The van der Waals surface area contributed by atoms with Gasteiger partial charge in [-0.05, 0) is 25.1 Å². The van der Waals surface area contributed by atoms with E-state index in [-0.39, 0.29) is 18.4 Å². The van der Waals surface area contributed by atoms with Crippen LogP contribution in [0.5, 0.6) is 0 Å². The Labute approximate surface area is 132 Å². The van der Waals surface area contributed by atoms with Crippen LogP contribution >= 0.6 is 11.6 Å². The lowest BCUT2D eigenvalue weighted by Crippen LogP contribution is -2.35. The van der Waals surface area contributed by atoms with E-state index >= 15 is 0 Å². The molecule has 1 aromatic carbocycles. The minimum atomic E-state index is -0.308. The van der Waals surface area contributed by atoms with Crippen molar-refractivity contribution in [3.8, 4) is 0 Å². The summed E-state index contributed by atoms with van der Waals surface area (Å²) in [7, 11) is 0. The van der Waals surface area contributed by atoms with Gasteiger partial charge in [-0.3, -0.25) is 9.59 Å². The summed E-state index contributed by atoms with van der Waals surface area (Å²) < 4.78 is 0. The Morgan fingerprint density at radius 2 is 1.77 bits per heavy atom. The Bertz CT molecular complexity index is 691. The number of nitrogens with zero attached hydrogens (tertiary/aromatic N) is 2. The Hall–Kier alpha value is -2.47. The molecule has 0 aliphatic rings. The second-order valence-electron chi connectivity index (χ2n) is 4.48. The van der Waals surface area contributed by atoms with E-state index in [9.17, 15) is 9.59 Å². The van der Waals surface area contributed by atoms with E-state index in [1.807, 2.05) is 0 Å². The predicted octanol–water partition coefficient (Wildman–Crippen LogP) is 1.60. The van der Waals surface area contributed by atoms with Crippen molar-refractivity contribution in [3.63, 3.8) is 0 Å². The maximum atomic E-state index is 11.9. The first-order chi connectivity index (χ1) is 10.6. The van der Waals surface area contributed by atoms with Crippen LogP contribution in [0.2, 0.25) is 5.02 Å². The molecular formula is C15H15ClN4O2. The topological polar surface area (TPSA) is 84.0 Å². The van der Waals surface area contributed by atoms with Crippen LogP contribution in [0.3, 0.4) is 0 Å². The normalized spacial score (nSPS) is 10.1. The average molecular weight is 319 g/mol. The van der Waals surface area contributed by atoms with Gasteiger partial charge in [-0.15, -0.1) is 0 Å². The molecule has 114 valence electrons. The number of aryl methyl sites for hydroxylation is 1. The Balaban J connectivity index is 1.79. The number of hydrogen-bond donors (Lipinski definition) is 2.